The van der Waals surface area contributed by atoms with Gasteiger partial charge in [-0.25, -0.2) is 4.98 Å². The summed E-state index contributed by atoms with van der Waals surface area (Å²) in [4.78, 5) is 20.5. The molecular weight excluding hydrogens is 499 g/mol. The van der Waals surface area contributed by atoms with Gasteiger partial charge in [0.15, 0.2) is 5.78 Å². The smallest absolute Gasteiger partial charge is 0.162 e. The first-order valence-corrected chi connectivity index (χ1v) is 11.3. The Morgan fingerprint density at radius 2 is 1.87 bits per heavy atom. The highest BCUT2D eigenvalue weighted by Crippen LogP contribution is 2.34. The number of Topliss-reactive ketones (excluding diaryl/α,β-unsaturated/α-hetero) is 1. The third-order valence-corrected chi connectivity index (χ3v) is 6.34. The van der Waals surface area contributed by atoms with Crippen molar-refractivity contribution in [3.63, 3.8) is 0 Å². The van der Waals surface area contributed by atoms with Gasteiger partial charge in [-0.2, -0.15) is 0 Å². The molecule has 4 rings (SSSR count). The molecule has 0 amide bonds. The van der Waals surface area contributed by atoms with E-state index in [2.05, 4.69) is 25.9 Å². The van der Waals surface area contributed by atoms with Gasteiger partial charge >= 0.3 is 0 Å². The highest BCUT2D eigenvalue weighted by molar-refractivity contribution is 9.10. The zero-order valence-corrected chi connectivity index (χ0v) is 19.8. The summed E-state index contributed by atoms with van der Waals surface area (Å²) in [6, 6.07) is 16.8. The van der Waals surface area contributed by atoms with Crippen LogP contribution in [0.5, 0.6) is 5.75 Å². The monoisotopic (exact) mass is 516 g/mol. The number of aryl methyl sites for hydroxylation is 1. The molecule has 0 spiro atoms. The third kappa shape index (κ3) is 4.79. The van der Waals surface area contributed by atoms with Crippen LogP contribution in [-0.2, 0) is 6.42 Å². The number of carbonyl (C=O) groups is 1. The van der Waals surface area contributed by atoms with E-state index in [4.69, 9.17) is 27.9 Å². The Kier molecular flexibility index (Phi) is 6.65. The summed E-state index contributed by atoms with van der Waals surface area (Å²) in [5.74, 6) is 1.48. The van der Waals surface area contributed by atoms with Crippen LogP contribution >= 0.6 is 39.1 Å². The fourth-order valence-electron chi connectivity index (χ4n) is 3.49. The van der Waals surface area contributed by atoms with Crippen LogP contribution in [0.4, 0.5) is 0 Å². The molecule has 1 N–H and O–H groups in total. The van der Waals surface area contributed by atoms with Crippen LogP contribution in [0.3, 0.4) is 0 Å². The van der Waals surface area contributed by atoms with Gasteiger partial charge in [0.25, 0.3) is 0 Å². The molecule has 7 heteroatoms. The Bertz CT molecular complexity index is 1250. The first-order chi connectivity index (χ1) is 15.0. The molecule has 0 aliphatic carbocycles. The van der Waals surface area contributed by atoms with Crippen molar-refractivity contribution >= 4 is 55.9 Å². The van der Waals surface area contributed by atoms with E-state index in [0.29, 0.717) is 33.4 Å². The number of imidazole rings is 1. The lowest BCUT2D eigenvalue weighted by molar-refractivity contribution is 0.0980. The van der Waals surface area contributed by atoms with Crippen molar-refractivity contribution < 1.29 is 9.53 Å². The molecule has 4 nitrogen and oxygen atoms in total. The Morgan fingerprint density at radius 1 is 1.10 bits per heavy atom. The van der Waals surface area contributed by atoms with Gasteiger partial charge in [0.2, 0.25) is 0 Å². The molecule has 0 atom stereocenters. The van der Waals surface area contributed by atoms with Crippen molar-refractivity contribution in [2.45, 2.75) is 19.3 Å². The van der Waals surface area contributed by atoms with E-state index < -0.39 is 0 Å². The first-order valence-electron chi connectivity index (χ1n) is 9.76. The molecule has 158 valence electrons. The molecule has 0 bridgehead atoms. The number of ketones is 1. The van der Waals surface area contributed by atoms with E-state index in [1.165, 1.54) is 0 Å². The number of methoxy groups -OCH3 is 1. The van der Waals surface area contributed by atoms with Crippen LogP contribution in [0.1, 0.15) is 28.8 Å². The number of nitrogens with one attached hydrogen (secondary N) is 1. The van der Waals surface area contributed by atoms with Crippen molar-refractivity contribution in [3.8, 4) is 17.1 Å². The van der Waals surface area contributed by atoms with E-state index >= 15 is 0 Å². The number of benzene rings is 3. The SMILES string of the molecule is COc1ccc(CCCC(=O)c2ccc3nc(-c4c(Cl)cccc4Cl)[nH]c3c2)cc1Br. The second kappa shape index (κ2) is 9.43. The highest BCUT2D eigenvalue weighted by atomic mass is 79.9. The molecule has 0 fully saturated rings. The normalized spacial score (nSPS) is 11.1. The Hall–Kier alpha value is -2.34. The molecule has 4 aromatic rings. The van der Waals surface area contributed by atoms with E-state index in [9.17, 15) is 4.79 Å². The summed E-state index contributed by atoms with van der Waals surface area (Å²) in [6.07, 6.45) is 2.04. The standard InChI is InChI=1S/C24H19BrCl2N2O2/c1-31-22-11-8-14(12-16(22)25)4-2-7-21(30)15-9-10-19-20(13-15)29-24(28-19)23-17(26)5-3-6-18(23)27/h3,5-6,8-13H,2,4,7H2,1H3,(H,28,29). The van der Waals surface area contributed by atoms with Gasteiger partial charge < -0.3 is 9.72 Å². The molecule has 0 aliphatic heterocycles. The molecule has 1 aromatic heterocycles. The molecule has 0 aliphatic rings. The van der Waals surface area contributed by atoms with Gasteiger partial charge in [0, 0.05) is 12.0 Å². The largest absolute Gasteiger partial charge is 0.496 e. The van der Waals surface area contributed by atoms with Crippen LogP contribution in [-0.4, -0.2) is 22.9 Å². The number of halogens is 3. The molecule has 0 unspecified atom stereocenters. The third-order valence-electron chi connectivity index (χ3n) is 5.09. The topological polar surface area (TPSA) is 55.0 Å². The number of fused-ring (bicyclic) bond motifs is 1. The van der Waals surface area contributed by atoms with Gasteiger partial charge in [-0.05, 0) is 76.8 Å². The van der Waals surface area contributed by atoms with Crippen molar-refractivity contribution in [2.75, 3.05) is 7.11 Å². The van der Waals surface area contributed by atoms with E-state index in [-0.39, 0.29) is 5.78 Å². The van der Waals surface area contributed by atoms with E-state index in [1.54, 1.807) is 25.3 Å². The van der Waals surface area contributed by atoms with Crippen molar-refractivity contribution in [3.05, 3.63) is 80.2 Å². The van der Waals surface area contributed by atoms with Crippen LogP contribution in [0.15, 0.2) is 59.1 Å². The molecule has 3 aromatic carbocycles. The maximum atomic E-state index is 12.7. The second-order valence-corrected chi connectivity index (χ2v) is 8.83. The summed E-state index contributed by atoms with van der Waals surface area (Å²) in [5, 5.41) is 1.04. The Morgan fingerprint density at radius 3 is 2.58 bits per heavy atom. The number of carbonyl (C=O) groups excluding carboxylic acids is 1. The number of aromatic amines is 1. The van der Waals surface area contributed by atoms with Gasteiger partial charge in [-0.3, -0.25) is 4.79 Å². The molecule has 0 saturated carbocycles. The fourth-order valence-corrected chi connectivity index (χ4v) is 4.65. The Labute approximate surface area is 198 Å². The van der Waals surface area contributed by atoms with Crippen LogP contribution in [0, 0.1) is 0 Å². The molecular formula is C24H19BrCl2N2O2. The summed E-state index contributed by atoms with van der Waals surface area (Å²) in [6.45, 7) is 0. The predicted molar refractivity (Wildman–Crippen MR) is 130 cm³/mol. The Balaban J connectivity index is 1.47. The molecule has 1 heterocycles. The number of nitrogens with zero attached hydrogens (tertiary/aromatic N) is 1. The van der Waals surface area contributed by atoms with Gasteiger partial charge in [0.05, 0.1) is 38.2 Å². The zero-order valence-electron chi connectivity index (χ0n) is 16.7. The summed E-state index contributed by atoms with van der Waals surface area (Å²) in [5.41, 5.74) is 4.00. The van der Waals surface area contributed by atoms with Crippen LogP contribution in [0.2, 0.25) is 10.0 Å². The first kappa shape index (κ1) is 21.9. The molecule has 0 saturated heterocycles. The van der Waals surface area contributed by atoms with Crippen molar-refractivity contribution in [1.82, 2.24) is 9.97 Å². The number of rotatable bonds is 7. The van der Waals surface area contributed by atoms with E-state index in [1.807, 2.05) is 36.4 Å². The van der Waals surface area contributed by atoms with E-state index in [0.717, 1.165) is 39.7 Å². The molecule has 31 heavy (non-hydrogen) atoms. The number of H-pyrrole nitrogens is 1. The summed E-state index contributed by atoms with van der Waals surface area (Å²) < 4.78 is 6.17. The van der Waals surface area contributed by atoms with Crippen LogP contribution < -0.4 is 4.74 Å². The highest BCUT2D eigenvalue weighted by Gasteiger charge is 2.14. The lowest BCUT2D eigenvalue weighted by atomic mass is 10.0. The summed E-state index contributed by atoms with van der Waals surface area (Å²) in [7, 11) is 1.64. The van der Waals surface area contributed by atoms with Crippen LogP contribution in [0.25, 0.3) is 22.4 Å². The predicted octanol–water partition coefficient (Wildman–Crippen LogP) is 7.51. The fraction of sp³-hybridized carbons (Fsp3) is 0.167. The summed E-state index contributed by atoms with van der Waals surface area (Å²) >= 11 is 16.1. The van der Waals surface area contributed by atoms with Crippen molar-refractivity contribution in [1.29, 1.82) is 0 Å². The quantitative estimate of drug-likeness (QED) is 0.258. The maximum Gasteiger partial charge on any atom is 0.162 e. The number of aromatic nitrogens is 2. The van der Waals surface area contributed by atoms with Crippen molar-refractivity contribution in [2.24, 2.45) is 0 Å². The average molecular weight is 518 g/mol. The number of hydrogen-bond donors (Lipinski definition) is 1. The van der Waals surface area contributed by atoms with Gasteiger partial charge in [0.1, 0.15) is 11.6 Å². The number of ether oxygens (including phenoxy) is 1. The molecule has 0 radical (unpaired) electrons. The lowest BCUT2D eigenvalue weighted by Gasteiger charge is -2.06. The zero-order chi connectivity index (χ0) is 22.0. The average Bonchev–Trinajstić information content (AvgIpc) is 3.16. The minimum absolute atomic E-state index is 0.0985. The second-order valence-electron chi connectivity index (χ2n) is 7.16. The maximum absolute atomic E-state index is 12.7. The number of hydrogen-bond acceptors (Lipinski definition) is 3. The van der Waals surface area contributed by atoms with Gasteiger partial charge in [-0.1, -0.05) is 35.3 Å². The lowest BCUT2D eigenvalue weighted by Crippen LogP contribution is -2.00. The minimum atomic E-state index is 0.0985. The minimum Gasteiger partial charge on any atom is -0.496 e. The van der Waals surface area contributed by atoms with Gasteiger partial charge in [-0.15, -0.1) is 0 Å².